The van der Waals surface area contributed by atoms with Crippen molar-refractivity contribution in [3.8, 4) is 6.07 Å². The second-order valence-electron chi connectivity index (χ2n) is 3.87. The van der Waals surface area contributed by atoms with Gasteiger partial charge in [-0.05, 0) is 12.1 Å². The van der Waals surface area contributed by atoms with Crippen LogP contribution in [0, 0.1) is 11.3 Å². The second-order valence-corrected chi connectivity index (χ2v) is 3.87. The zero-order chi connectivity index (χ0) is 13.8. The van der Waals surface area contributed by atoms with Crippen LogP contribution in [0.2, 0.25) is 0 Å². The average Bonchev–Trinajstić information content (AvgIpc) is 2.82. The van der Waals surface area contributed by atoms with E-state index in [-0.39, 0.29) is 5.69 Å². The van der Waals surface area contributed by atoms with Gasteiger partial charge in [0.2, 0.25) is 0 Å². The van der Waals surface area contributed by atoms with Crippen LogP contribution in [0.4, 0.5) is 5.69 Å². The second kappa shape index (κ2) is 5.18. The number of carbonyl (C=O) groups is 1. The average molecular weight is 257 g/mol. The van der Waals surface area contributed by atoms with Gasteiger partial charge in [0.15, 0.2) is 11.7 Å². The van der Waals surface area contributed by atoms with E-state index in [2.05, 4.69) is 15.4 Å². The number of nitrogens with one attached hydrogen (secondary N) is 1. The summed E-state index contributed by atoms with van der Waals surface area (Å²) in [6.07, 6.45) is 4.55. The van der Waals surface area contributed by atoms with E-state index in [4.69, 9.17) is 5.26 Å². The lowest BCUT2D eigenvalue weighted by atomic mass is 10.1. The highest BCUT2D eigenvalue weighted by molar-refractivity contribution is 5.79. The maximum atomic E-state index is 11.3. The summed E-state index contributed by atoms with van der Waals surface area (Å²) in [5, 5.41) is 24.9. The Hall–Kier alpha value is -2.88. The Morgan fingerprint density at radius 1 is 1.63 bits per heavy atom. The first-order chi connectivity index (χ1) is 9.11. The van der Waals surface area contributed by atoms with Gasteiger partial charge in [-0.2, -0.15) is 10.4 Å². The molecule has 0 aliphatic rings. The summed E-state index contributed by atoms with van der Waals surface area (Å²) in [5.41, 5.74) is 1.03. The summed E-state index contributed by atoms with van der Waals surface area (Å²) in [6, 6.07) is 4.17. The molecule has 7 nitrogen and oxygen atoms in total. The van der Waals surface area contributed by atoms with Crippen molar-refractivity contribution in [3.63, 3.8) is 0 Å². The van der Waals surface area contributed by atoms with Crippen molar-refractivity contribution >= 4 is 11.7 Å². The molecule has 0 aliphatic carbocycles. The molecule has 96 valence electrons. The Bertz CT molecular complexity index is 644. The number of hydrogen-bond donors (Lipinski definition) is 2. The number of anilines is 1. The van der Waals surface area contributed by atoms with Gasteiger partial charge < -0.3 is 10.4 Å². The van der Waals surface area contributed by atoms with E-state index in [1.165, 1.54) is 17.1 Å². The van der Waals surface area contributed by atoms with Crippen molar-refractivity contribution in [3.05, 3.63) is 42.0 Å². The molecule has 0 saturated carbocycles. The molecule has 1 atom stereocenters. The Balaban J connectivity index is 2.32. The highest BCUT2D eigenvalue weighted by Crippen LogP contribution is 2.21. The third-order valence-electron chi connectivity index (χ3n) is 2.52. The van der Waals surface area contributed by atoms with Gasteiger partial charge in [-0.25, -0.2) is 9.78 Å². The minimum Gasteiger partial charge on any atom is -0.479 e. The molecule has 0 fully saturated rings. The predicted octanol–water partition coefficient (Wildman–Crippen LogP) is 0.925. The van der Waals surface area contributed by atoms with E-state index in [9.17, 15) is 9.90 Å². The van der Waals surface area contributed by atoms with Gasteiger partial charge in [-0.3, -0.25) is 4.68 Å². The number of aryl methyl sites for hydroxylation is 1. The highest BCUT2D eigenvalue weighted by Gasteiger charge is 2.22. The number of aromatic nitrogens is 3. The molecule has 2 heterocycles. The summed E-state index contributed by atoms with van der Waals surface area (Å²) < 4.78 is 1.52. The van der Waals surface area contributed by atoms with Crippen molar-refractivity contribution in [1.82, 2.24) is 14.8 Å². The van der Waals surface area contributed by atoms with Crippen molar-refractivity contribution < 1.29 is 9.90 Å². The molecule has 0 amide bonds. The molecule has 2 aromatic heterocycles. The quantitative estimate of drug-likeness (QED) is 0.844. The number of rotatable bonds is 4. The molecule has 0 bridgehead atoms. The van der Waals surface area contributed by atoms with Crippen LogP contribution in [0.3, 0.4) is 0 Å². The van der Waals surface area contributed by atoms with Gasteiger partial charge in [0, 0.05) is 25.0 Å². The van der Waals surface area contributed by atoms with E-state index in [0.717, 1.165) is 0 Å². The topological polar surface area (TPSA) is 104 Å². The lowest BCUT2D eigenvalue weighted by Gasteiger charge is -2.14. The summed E-state index contributed by atoms with van der Waals surface area (Å²) in [5.74, 6) is -1.05. The number of carboxylic acids is 1. The monoisotopic (exact) mass is 257 g/mol. The molecule has 0 spiro atoms. The first kappa shape index (κ1) is 12.6. The van der Waals surface area contributed by atoms with Crippen molar-refractivity contribution in [2.75, 3.05) is 5.32 Å². The number of aliphatic carboxylic acids is 1. The third-order valence-corrected chi connectivity index (χ3v) is 2.52. The molecule has 2 aromatic rings. The van der Waals surface area contributed by atoms with E-state index in [1.54, 1.807) is 25.4 Å². The SMILES string of the molecule is Cn1cc(C(Nc2cccnc2C#N)C(=O)O)cn1. The van der Waals surface area contributed by atoms with Crippen LogP contribution in [0.5, 0.6) is 0 Å². The fraction of sp³-hybridized carbons (Fsp3) is 0.167. The smallest absolute Gasteiger partial charge is 0.330 e. The lowest BCUT2D eigenvalue weighted by Crippen LogP contribution is -2.20. The van der Waals surface area contributed by atoms with E-state index >= 15 is 0 Å². The largest absolute Gasteiger partial charge is 0.479 e. The van der Waals surface area contributed by atoms with Crippen LogP contribution < -0.4 is 5.32 Å². The number of nitrogens with zero attached hydrogens (tertiary/aromatic N) is 4. The van der Waals surface area contributed by atoms with Crippen molar-refractivity contribution in [2.24, 2.45) is 7.05 Å². The first-order valence-electron chi connectivity index (χ1n) is 5.45. The van der Waals surface area contributed by atoms with Gasteiger partial charge in [-0.15, -0.1) is 0 Å². The minimum absolute atomic E-state index is 0.151. The van der Waals surface area contributed by atoms with Crippen LogP contribution in [0.1, 0.15) is 17.3 Å². The zero-order valence-electron chi connectivity index (χ0n) is 10.1. The predicted molar refractivity (Wildman–Crippen MR) is 66.2 cm³/mol. The van der Waals surface area contributed by atoms with Gasteiger partial charge in [-0.1, -0.05) is 0 Å². The molecule has 0 aliphatic heterocycles. The molecular formula is C12H11N5O2. The molecule has 0 saturated heterocycles. The summed E-state index contributed by atoms with van der Waals surface area (Å²) >= 11 is 0. The molecule has 2 rings (SSSR count). The number of nitriles is 1. The first-order valence-corrected chi connectivity index (χ1v) is 5.45. The molecule has 0 radical (unpaired) electrons. The van der Waals surface area contributed by atoms with Crippen LogP contribution in [-0.2, 0) is 11.8 Å². The molecular weight excluding hydrogens is 246 g/mol. The van der Waals surface area contributed by atoms with E-state index < -0.39 is 12.0 Å². The number of carboxylic acid groups (broad SMARTS) is 1. The molecule has 2 N–H and O–H groups in total. The number of hydrogen-bond acceptors (Lipinski definition) is 5. The normalized spacial score (nSPS) is 11.6. The summed E-state index contributed by atoms with van der Waals surface area (Å²) in [4.78, 5) is 15.2. The molecule has 19 heavy (non-hydrogen) atoms. The Labute approximate surface area is 109 Å². The summed E-state index contributed by atoms with van der Waals surface area (Å²) in [6.45, 7) is 0. The van der Waals surface area contributed by atoms with E-state index in [0.29, 0.717) is 11.3 Å². The maximum absolute atomic E-state index is 11.3. The van der Waals surface area contributed by atoms with Crippen LogP contribution >= 0.6 is 0 Å². The summed E-state index contributed by atoms with van der Waals surface area (Å²) in [7, 11) is 1.70. The third kappa shape index (κ3) is 2.69. The Morgan fingerprint density at radius 2 is 2.42 bits per heavy atom. The van der Waals surface area contributed by atoms with Crippen LogP contribution in [-0.4, -0.2) is 25.8 Å². The van der Waals surface area contributed by atoms with Crippen molar-refractivity contribution in [2.45, 2.75) is 6.04 Å². The van der Waals surface area contributed by atoms with Crippen molar-refractivity contribution in [1.29, 1.82) is 5.26 Å². The van der Waals surface area contributed by atoms with E-state index in [1.807, 2.05) is 6.07 Å². The van der Waals surface area contributed by atoms with Gasteiger partial charge >= 0.3 is 5.97 Å². The Kier molecular flexibility index (Phi) is 3.43. The van der Waals surface area contributed by atoms with Gasteiger partial charge in [0.25, 0.3) is 0 Å². The van der Waals surface area contributed by atoms with Gasteiger partial charge in [0.1, 0.15) is 6.07 Å². The zero-order valence-corrected chi connectivity index (χ0v) is 10.1. The fourth-order valence-corrected chi connectivity index (χ4v) is 1.64. The highest BCUT2D eigenvalue weighted by atomic mass is 16.4. The van der Waals surface area contributed by atoms with Crippen LogP contribution in [0.15, 0.2) is 30.7 Å². The molecule has 1 unspecified atom stereocenters. The maximum Gasteiger partial charge on any atom is 0.330 e. The number of pyridine rings is 1. The lowest BCUT2D eigenvalue weighted by molar-refractivity contribution is -0.138. The van der Waals surface area contributed by atoms with Gasteiger partial charge in [0.05, 0.1) is 11.9 Å². The fourth-order valence-electron chi connectivity index (χ4n) is 1.64. The molecule has 7 heteroatoms. The minimum atomic E-state index is -1.05. The standard InChI is InChI=1S/C12H11N5O2/c1-17-7-8(6-15-17)11(12(18)19)16-9-3-2-4-14-10(9)5-13/h2-4,6-7,11,16H,1H3,(H,18,19). The Morgan fingerprint density at radius 3 is 3.00 bits per heavy atom. The van der Waals surface area contributed by atoms with Crippen LogP contribution in [0.25, 0.3) is 0 Å². The molecule has 0 aromatic carbocycles.